The summed E-state index contributed by atoms with van der Waals surface area (Å²) in [5.41, 5.74) is 0. The quantitative estimate of drug-likeness (QED) is 0.660. The average Bonchev–Trinajstić information content (AvgIpc) is 2.73. The maximum atomic E-state index is 11.7. The molecule has 4 nitrogen and oxygen atoms in total. The largest absolute Gasteiger partial charge is 0.343 e. The third-order valence-corrected chi connectivity index (χ3v) is 4.46. The molecule has 2 aliphatic rings. The molecule has 2 N–H and O–H groups in total. The second kappa shape index (κ2) is 3.46. The topological polar surface area (TPSA) is 53.5 Å². The molecule has 1 amide bonds. The number of hydrogen-bond acceptors (Lipinski definition) is 3. The standard InChI is InChI=1S/C9H15N3OS/c1-9(4-3-5-14-9)6-7(13)12-8(10-2)11-6/h6H,3-5H2,1-2H3,(H2,10,11,12,13). The Morgan fingerprint density at radius 3 is 2.93 bits per heavy atom. The SMILES string of the molecule is CN=C1NC(=O)C(C2(C)CCCS2)N1. The Hall–Kier alpha value is -0.710. The van der Waals surface area contributed by atoms with E-state index < -0.39 is 0 Å². The first-order valence-corrected chi connectivity index (χ1v) is 5.82. The van der Waals surface area contributed by atoms with Gasteiger partial charge in [0.2, 0.25) is 0 Å². The molecule has 0 aromatic rings. The number of nitrogens with zero attached hydrogens (tertiary/aromatic N) is 1. The van der Waals surface area contributed by atoms with Crippen molar-refractivity contribution < 1.29 is 4.79 Å². The predicted molar refractivity (Wildman–Crippen MR) is 58.5 cm³/mol. The first-order valence-electron chi connectivity index (χ1n) is 4.84. The van der Waals surface area contributed by atoms with Gasteiger partial charge in [0, 0.05) is 11.8 Å². The second-order valence-corrected chi connectivity index (χ2v) is 5.53. The summed E-state index contributed by atoms with van der Waals surface area (Å²) in [6.07, 6.45) is 2.30. The minimum absolute atomic E-state index is 0.0382. The maximum absolute atomic E-state index is 11.7. The molecular weight excluding hydrogens is 198 g/mol. The molecule has 0 aromatic carbocycles. The molecule has 0 bridgehead atoms. The Kier molecular flexibility index (Phi) is 2.43. The van der Waals surface area contributed by atoms with Crippen LogP contribution < -0.4 is 10.6 Å². The summed E-state index contributed by atoms with van der Waals surface area (Å²) in [5.74, 6) is 1.82. The number of hydrogen-bond donors (Lipinski definition) is 2. The van der Waals surface area contributed by atoms with Gasteiger partial charge in [0.05, 0.1) is 0 Å². The maximum Gasteiger partial charge on any atom is 0.250 e. The zero-order chi connectivity index (χ0) is 10.2. The lowest BCUT2D eigenvalue weighted by Gasteiger charge is -2.27. The molecule has 14 heavy (non-hydrogen) atoms. The highest BCUT2D eigenvalue weighted by Crippen LogP contribution is 2.41. The highest BCUT2D eigenvalue weighted by Gasteiger charge is 2.45. The Balaban J connectivity index is 2.15. The van der Waals surface area contributed by atoms with Gasteiger partial charge in [-0.1, -0.05) is 0 Å². The minimum atomic E-state index is -0.117. The molecule has 5 heteroatoms. The highest BCUT2D eigenvalue weighted by atomic mass is 32.2. The van der Waals surface area contributed by atoms with Crippen LogP contribution in [0.1, 0.15) is 19.8 Å². The van der Waals surface area contributed by atoms with E-state index in [0.717, 1.165) is 12.2 Å². The third-order valence-electron chi connectivity index (χ3n) is 2.87. The van der Waals surface area contributed by atoms with Gasteiger partial charge < -0.3 is 5.32 Å². The summed E-state index contributed by atoms with van der Waals surface area (Å²) >= 11 is 1.88. The molecule has 0 aromatic heterocycles. The number of carbonyl (C=O) groups excluding carboxylic acids is 1. The Bertz CT molecular complexity index is 284. The van der Waals surface area contributed by atoms with Gasteiger partial charge in [0.25, 0.3) is 5.91 Å². The van der Waals surface area contributed by atoms with Gasteiger partial charge in [0.15, 0.2) is 5.96 Å². The van der Waals surface area contributed by atoms with Crippen molar-refractivity contribution in [2.24, 2.45) is 4.99 Å². The van der Waals surface area contributed by atoms with Crippen molar-refractivity contribution in [1.29, 1.82) is 0 Å². The number of carbonyl (C=O) groups is 1. The van der Waals surface area contributed by atoms with Crippen LogP contribution in [-0.2, 0) is 4.79 Å². The number of nitrogens with one attached hydrogen (secondary N) is 2. The molecule has 2 heterocycles. The molecule has 0 spiro atoms. The number of thioether (sulfide) groups is 1. The van der Waals surface area contributed by atoms with Crippen LogP contribution in [0.25, 0.3) is 0 Å². The predicted octanol–water partition coefficient (Wildman–Crippen LogP) is 0.346. The summed E-state index contributed by atoms with van der Waals surface area (Å²) in [6, 6.07) is -0.117. The molecule has 0 saturated carbocycles. The van der Waals surface area contributed by atoms with Crippen LogP contribution in [0.5, 0.6) is 0 Å². The summed E-state index contributed by atoms with van der Waals surface area (Å²) in [5, 5.41) is 5.88. The van der Waals surface area contributed by atoms with Crippen LogP contribution in [-0.4, -0.2) is 35.5 Å². The fourth-order valence-electron chi connectivity index (χ4n) is 2.01. The van der Waals surface area contributed by atoms with Gasteiger partial charge >= 0.3 is 0 Å². The van der Waals surface area contributed by atoms with Crippen LogP contribution >= 0.6 is 11.8 Å². The van der Waals surface area contributed by atoms with Gasteiger partial charge in [-0.15, -0.1) is 0 Å². The molecular formula is C9H15N3OS. The van der Waals surface area contributed by atoms with Crippen molar-refractivity contribution in [1.82, 2.24) is 10.6 Å². The zero-order valence-corrected chi connectivity index (χ0v) is 9.28. The molecule has 2 aliphatic heterocycles. The fraction of sp³-hybridized carbons (Fsp3) is 0.778. The summed E-state index contributed by atoms with van der Waals surface area (Å²) in [7, 11) is 1.68. The molecule has 0 aliphatic carbocycles. The summed E-state index contributed by atoms with van der Waals surface area (Å²) in [4.78, 5) is 15.6. The van der Waals surface area contributed by atoms with Crippen molar-refractivity contribution in [3.05, 3.63) is 0 Å². The summed E-state index contributed by atoms with van der Waals surface area (Å²) < 4.78 is 0.0382. The Labute approximate surface area is 87.9 Å². The third kappa shape index (κ3) is 1.49. The van der Waals surface area contributed by atoms with E-state index >= 15 is 0 Å². The lowest BCUT2D eigenvalue weighted by molar-refractivity contribution is -0.120. The van der Waals surface area contributed by atoms with Crippen LogP contribution in [0.2, 0.25) is 0 Å². The molecule has 78 valence electrons. The number of aliphatic imine (C=N–C) groups is 1. The van der Waals surface area contributed by atoms with Gasteiger partial charge in [-0.25, -0.2) is 0 Å². The highest BCUT2D eigenvalue weighted by molar-refractivity contribution is 8.01. The zero-order valence-electron chi connectivity index (χ0n) is 8.46. The smallest absolute Gasteiger partial charge is 0.250 e. The first-order chi connectivity index (χ1) is 6.65. The van der Waals surface area contributed by atoms with Crippen molar-refractivity contribution in [2.75, 3.05) is 12.8 Å². The summed E-state index contributed by atoms with van der Waals surface area (Å²) in [6.45, 7) is 2.15. The van der Waals surface area contributed by atoms with E-state index in [0.29, 0.717) is 5.96 Å². The van der Waals surface area contributed by atoms with E-state index in [4.69, 9.17) is 0 Å². The van der Waals surface area contributed by atoms with E-state index in [1.54, 1.807) is 7.05 Å². The van der Waals surface area contributed by atoms with Crippen LogP contribution in [0.4, 0.5) is 0 Å². The Morgan fingerprint density at radius 2 is 2.43 bits per heavy atom. The van der Waals surface area contributed by atoms with Gasteiger partial charge in [-0.2, -0.15) is 11.8 Å². The Morgan fingerprint density at radius 1 is 1.64 bits per heavy atom. The first kappa shape index (κ1) is 9.83. The van der Waals surface area contributed by atoms with E-state index in [-0.39, 0.29) is 16.7 Å². The molecule has 2 atom stereocenters. The van der Waals surface area contributed by atoms with Crippen molar-refractivity contribution in [2.45, 2.75) is 30.6 Å². The van der Waals surface area contributed by atoms with Gasteiger partial charge in [-0.05, 0) is 25.5 Å². The van der Waals surface area contributed by atoms with Gasteiger partial charge in [-0.3, -0.25) is 15.1 Å². The number of amides is 1. The lowest BCUT2D eigenvalue weighted by Crippen LogP contribution is -2.46. The molecule has 2 unspecified atom stereocenters. The van der Waals surface area contributed by atoms with E-state index in [2.05, 4.69) is 22.5 Å². The molecule has 0 radical (unpaired) electrons. The van der Waals surface area contributed by atoms with E-state index in [9.17, 15) is 4.79 Å². The van der Waals surface area contributed by atoms with Crippen molar-refractivity contribution in [3.8, 4) is 0 Å². The van der Waals surface area contributed by atoms with Crippen LogP contribution in [0.3, 0.4) is 0 Å². The number of rotatable bonds is 1. The van der Waals surface area contributed by atoms with Crippen LogP contribution in [0.15, 0.2) is 4.99 Å². The molecule has 2 saturated heterocycles. The monoisotopic (exact) mass is 213 g/mol. The minimum Gasteiger partial charge on any atom is -0.343 e. The van der Waals surface area contributed by atoms with Gasteiger partial charge in [0.1, 0.15) is 6.04 Å². The van der Waals surface area contributed by atoms with E-state index in [1.165, 1.54) is 6.42 Å². The lowest BCUT2D eigenvalue weighted by atomic mass is 9.96. The molecule has 2 rings (SSSR count). The van der Waals surface area contributed by atoms with Crippen molar-refractivity contribution >= 4 is 23.6 Å². The van der Waals surface area contributed by atoms with Crippen molar-refractivity contribution in [3.63, 3.8) is 0 Å². The van der Waals surface area contributed by atoms with Crippen LogP contribution in [0, 0.1) is 0 Å². The van der Waals surface area contributed by atoms with E-state index in [1.807, 2.05) is 11.8 Å². The second-order valence-electron chi connectivity index (χ2n) is 3.90. The normalized spacial score (nSPS) is 40.0. The fourth-order valence-corrected chi connectivity index (χ4v) is 3.38. The average molecular weight is 213 g/mol. The molecule has 2 fully saturated rings. The number of guanidine groups is 1.